The molecule has 1 unspecified atom stereocenters. The average Bonchev–Trinajstić information content (AvgIpc) is 2.94. The lowest BCUT2D eigenvalue weighted by molar-refractivity contribution is -0.140. The molecule has 4 rings (SSSR count). The van der Waals surface area contributed by atoms with Crippen molar-refractivity contribution in [3.05, 3.63) is 113 Å². The van der Waals surface area contributed by atoms with E-state index in [0.29, 0.717) is 12.0 Å². The first-order valence-electron chi connectivity index (χ1n) is 12.8. The molecule has 0 saturated heterocycles. The van der Waals surface area contributed by atoms with Gasteiger partial charge in [0.2, 0.25) is 0 Å². The lowest BCUT2D eigenvalue weighted by Crippen LogP contribution is -2.12. The second-order valence-corrected chi connectivity index (χ2v) is 11.9. The van der Waals surface area contributed by atoms with Crippen molar-refractivity contribution < 1.29 is 14.4 Å². The number of thioether (sulfide) groups is 1. The molecule has 0 heterocycles. The standard InChI is InChI=1S/C32H30ClNO3S2/c1-22-6-3-4-7-30(22)32(36)25-11-17-29(18-12-25)39-28-15-9-24(10-16-28)31(34-37-23(2)35)8-5-21-38-27-19-13-26(33)14-20-27/h3-4,7,9-20,22H,5-6,8,21H2,1-2H3. The van der Waals surface area contributed by atoms with Crippen LogP contribution in [0.3, 0.4) is 0 Å². The summed E-state index contributed by atoms with van der Waals surface area (Å²) >= 11 is 9.34. The minimum absolute atomic E-state index is 0.0962. The van der Waals surface area contributed by atoms with Crippen molar-refractivity contribution in [2.45, 2.75) is 47.8 Å². The molecule has 1 atom stereocenters. The van der Waals surface area contributed by atoms with Gasteiger partial charge in [0.15, 0.2) is 5.78 Å². The molecule has 0 aromatic heterocycles. The van der Waals surface area contributed by atoms with Crippen LogP contribution in [0.4, 0.5) is 0 Å². The molecule has 0 fully saturated rings. The molecule has 0 spiro atoms. The second-order valence-electron chi connectivity index (χ2n) is 9.19. The highest BCUT2D eigenvalue weighted by molar-refractivity contribution is 7.99. The molecule has 0 N–H and O–H groups in total. The number of oxime groups is 1. The van der Waals surface area contributed by atoms with E-state index in [2.05, 4.69) is 18.2 Å². The maximum Gasteiger partial charge on any atom is 0.331 e. The zero-order valence-corrected chi connectivity index (χ0v) is 24.3. The Hall–Kier alpha value is -3.06. The maximum atomic E-state index is 12.9. The summed E-state index contributed by atoms with van der Waals surface area (Å²) in [5, 5.41) is 4.85. The summed E-state index contributed by atoms with van der Waals surface area (Å²) in [6.45, 7) is 3.43. The summed E-state index contributed by atoms with van der Waals surface area (Å²) in [5.41, 5.74) is 3.23. The van der Waals surface area contributed by atoms with Gasteiger partial charge in [-0.25, -0.2) is 4.79 Å². The van der Waals surface area contributed by atoms with Gasteiger partial charge in [0, 0.05) is 37.8 Å². The van der Waals surface area contributed by atoms with E-state index in [1.807, 2.05) is 84.9 Å². The number of hydrogen-bond acceptors (Lipinski definition) is 6. The number of rotatable bonds is 11. The Labute approximate surface area is 243 Å². The molecule has 200 valence electrons. The van der Waals surface area contributed by atoms with Crippen LogP contribution in [0, 0.1) is 5.92 Å². The van der Waals surface area contributed by atoms with E-state index < -0.39 is 5.97 Å². The Morgan fingerprint density at radius 3 is 2.15 bits per heavy atom. The van der Waals surface area contributed by atoms with Crippen LogP contribution in [0.5, 0.6) is 0 Å². The minimum atomic E-state index is -0.442. The molecule has 0 amide bonds. The van der Waals surface area contributed by atoms with Gasteiger partial charge >= 0.3 is 5.97 Å². The lowest BCUT2D eigenvalue weighted by atomic mass is 9.88. The van der Waals surface area contributed by atoms with Gasteiger partial charge in [-0.1, -0.05) is 65.8 Å². The predicted molar refractivity (Wildman–Crippen MR) is 162 cm³/mol. The van der Waals surface area contributed by atoms with Gasteiger partial charge in [-0.05, 0) is 97.2 Å². The molecule has 0 aliphatic heterocycles. The van der Waals surface area contributed by atoms with Crippen LogP contribution in [0.2, 0.25) is 5.02 Å². The van der Waals surface area contributed by atoms with E-state index in [0.717, 1.165) is 55.2 Å². The zero-order chi connectivity index (χ0) is 27.6. The van der Waals surface area contributed by atoms with E-state index in [4.69, 9.17) is 16.4 Å². The van der Waals surface area contributed by atoms with Crippen molar-refractivity contribution >= 4 is 52.6 Å². The molecule has 4 nitrogen and oxygen atoms in total. The van der Waals surface area contributed by atoms with Crippen LogP contribution in [0.25, 0.3) is 0 Å². The summed E-state index contributed by atoms with van der Waals surface area (Å²) in [7, 11) is 0. The quantitative estimate of drug-likeness (QED) is 0.0570. The molecular formula is C32H30ClNO3S2. The van der Waals surface area contributed by atoms with Crippen molar-refractivity contribution in [1.29, 1.82) is 0 Å². The third-order valence-electron chi connectivity index (χ3n) is 6.16. The van der Waals surface area contributed by atoms with E-state index >= 15 is 0 Å². The molecule has 1 aliphatic carbocycles. The van der Waals surface area contributed by atoms with Gasteiger partial charge in [-0.15, -0.1) is 11.8 Å². The Kier molecular flexibility index (Phi) is 10.7. The highest BCUT2D eigenvalue weighted by Gasteiger charge is 2.19. The van der Waals surface area contributed by atoms with Gasteiger partial charge in [0.1, 0.15) is 0 Å². The number of allylic oxidation sites excluding steroid dienone is 4. The van der Waals surface area contributed by atoms with Crippen LogP contribution in [-0.4, -0.2) is 23.2 Å². The highest BCUT2D eigenvalue weighted by atomic mass is 35.5. The first-order valence-corrected chi connectivity index (χ1v) is 15.0. The molecule has 0 bridgehead atoms. The fourth-order valence-corrected chi connectivity index (χ4v) is 5.86. The molecule has 7 heteroatoms. The zero-order valence-electron chi connectivity index (χ0n) is 21.9. The molecule has 1 aliphatic rings. The number of nitrogens with zero attached hydrogens (tertiary/aromatic N) is 1. The van der Waals surface area contributed by atoms with Crippen LogP contribution in [-0.2, 0) is 9.63 Å². The van der Waals surface area contributed by atoms with E-state index in [1.54, 1.807) is 23.5 Å². The molecule has 39 heavy (non-hydrogen) atoms. The molecule has 3 aromatic rings. The number of benzene rings is 3. The fourth-order valence-electron chi connectivity index (χ4n) is 4.06. The lowest BCUT2D eigenvalue weighted by Gasteiger charge is -2.16. The van der Waals surface area contributed by atoms with Gasteiger partial charge in [0.05, 0.1) is 5.71 Å². The highest BCUT2D eigenvalue weighted by Crippen LogP contribution is 2.30. The average molecular weight is 576 g/mol. The Bertz CT molecular complexity index is 1380. The fraction of sp³-hybridized carbons (Fsp3) is 0.219. The summed E-state index contributed by atoms with van der Waals surface area (Å²) in [5.74, 6) is 0.799. The minimum Gasteiger partial charge on any atom is -0.318 e. The van der Waals surface area contributed by atoms with Crippen LogP contribution < -0.4 is 0 Å². The summed E-state index contributed by atoms with van der Waals surface area (Å²) in [4.78, 5) is 32.5. The predicted octanol–water partition coefficient (Wildman–Crippen LogP) is 9.04. The third kappa shape index (κ3) is 8.72. The third-order valence-corrected chi connectivity index (χ3v) is 8.53. The van der Waals surface area contributed by atoms with Crippen molar-refractivity contribution in [3.63, 3.8) is 0 Å². The van der Waals surface area contributed by atoms with Crippen molar-refractivity contribution in [2.75, 3.05) is 5.75 Å². The summed E-state index contributed by atoms with van der Waals surface area (Å²) in [6.07, 6.45) is 8.44. The number of Topliss-reactive ketones (excluding diaryl/α,β-unsaturated/α-hetero) is 1. The number of carbonyl (C=O) groups excluding carboxylic acids is 2. The molecular weight excluding hydrogens is 546 g/mol. The maximum absolute atomic E-state index is 12.9. The van der Waals surface area contributed by atoms with Crippen molar-refractivity contribution in [2.24, 2.45) is 11.1 Å². The van der Waals surface area contributed by atoms with Crippen molar-refractivity contribution in [1.82, 2.24) is 0 Å². The number of halogens is 1. The monoisotopic (exact) mass is 575 g/mol. The summed E-state index contributed by atoms with van der Waals surface area (Å²) < 4.78 is 0. The second kappa shape index (κ2) is 14.4. The van der Waals surface area contributed by atoms with E-state index in [-0.39, 0.29) is 11.7 Å². The van der Waals surface area contributed by atoms with Crippen LogP contribution in [0.15, 0.2) is 116 Å². The first-order chi connectivity index (χ1) is 18.9. The van der Waals surface area contributed by atoms with Gasteiger partial charge in [-0.2, -0.15) is 0 Å². The first kappa shape index (κ1) is 28.9. The van der Waals surface area contributed by atoms with Gasteiger partial charge < -0.3 is 4.84 Å². The van der Waals surface area contributed by atoms with Crippen molar-refractivity contribution in [3.8, 4) is 0 Å². The van der Waals surface area contributed by atoms with Crippen LogP contribution >= 0.6 is 35.1 Å². The molecule has 3 aromatic carbocycles. The van der Waals surface area contributed by atoms with Crippen LogP contribution in [0.1, 0.15) is 49.0 Å². The smallest absolute Gasteiger partial charge is 0.318 e. The Morgan fingerprint density at radius 1 is 0.923 bits per heavy atom. The number of hydrogen-bond donors (Lipinski definition) is 0. The van der Waals surface area contributed by atoms with Gasteiger partial charge in [-0.3, -0.25) is 4.79 Å². The Morgan fingerprint density at radius 2 is 1.54 bits per heavy atom. The summed E-state index contributed by atoms with van der Waals surface area (Å²) in [6, 6.07) is 23.6. The topological polar surface area (TPSA) is 55.7 Å². The SMILES string of the molecule is CC(=O)ON=C(CCCSc1ccc(Cl)cc1)c1ccc(Sc2ccc(C(=O)C3=CC=CCC3C)cc2)cc1. The molecule has 0 radical (unpaired) electrons. The number of ketones is 1. The Balaban J connectivity index is 1.36. The normalized spacial score (nSPS) is 15.1. The van der Waals surface area contributed by atoms with Gasteiger partial charge in [0.25, 0.3) is 0 Å². The molecule has 0 saturated carbocycles. The largest absolute Gasteiger partial charge is 0.331 e. The van der Waals surface area contributed by atoms with E-state index in [9.17, 15) is 9.59 Å². The van der Waals surface area contributed by atoms with E-state index in [1.165, 1.54) is 6.92 Å². The number of carbonyl (C=O) groups is 2.